The smallest absolute Gasteiger partial charge is 0.0969 e. The number of aromatic nitrogens is 3. The summed E-state index contributed by atoms with van der Waals surface area (Å²) in [5, 5.41) is 11.5. The van der Waals surface area contributed by atoms with Crippen LogP contribution >= 0.6 is 15.9 Å². The Balaban J connectivity index is 2.06. The highest BCUT2D eigenvalue weighted by atomic mass is 79.9. The number of nitrogens with one attached hydrogen (secondary N) is 1. The monoisotopic (exact) mass is 324 g/mol. The number of nitrogens with zero attached hydrogens (tertiary/aromatic N) is 3. The van der Waals surface area contributed by atoms with E-state index >= 15 is 0 Å². The Labute approximate surface area is 121 Å². The molecule has 0 aliphatic heterocycles. The molecular formula is C13H17BrN4O. The van der Waals surface area contributed by atoms with E-state index in [1.165, 1.54) is 5.56 Å². The van der Waals surface area contributed by atoms with E-state index in [-0.39, 0.29) is 0 Å². The molecule has 0 atom stereocenters. The zero-order chi connectivity index (χ0) is 13.7. The molecule has 102 valence electrons. The Morgan fingerprint density at radius 3 is 3.05 bits per heavy atom. The van der Waals surface area contributed by atoms with Crippen LogP contribution in [0.3, 0.4) is 0 Å². The van der Waals surface area contributed by atoms with Gasteiger partial charge in [0.15, 0.2) is 0 Å². The second-order valence-electron chi connectivity index (χ2n) is 4.23. The van der Waals surface area contributed by atoms with E-state index in [9.17, 15) is 0 Å². The summed E-state index contributed by atoms with van der Waals surface area (Å²) in [4.78, 5) is 0. The number of halogens is 1. The quantitative estimate of drug-likeness (QED) is 0.826. The van der Waals surface area contributed by atoms with Crippen molar-refractivity contribution < 1.29 is 4.74 Å². The summed E-state index contributed by atoms with van der Waals surface area (Å²) in [6.07, 6.45) is 1.93. The summed E-state index contributed by atoms with van der Waals surface area (Å²) < 4.78 is 7.80. The summed E-state index contributed by atoms with van der Waals surface area (Å²) in [6, 6.07) is 6.07. The molecule has 2 aromatic rings. The minimum atomic E-state index is 0.687. The number of hydrogen-bond acceptors (Lipinski definition) is 4. The third-order valence-electron chi connectivity index (χ3n) is 2.75. The average Bonchev–Trinajstić information content (AvgIpc) is 2.87. The zero-order valence-corrected chi connectivity index (χ0v) is 12.6. The second-order valence-corrected chi connectivity index (χ2v) is 5.03. The predicted molar refractivity (Wildman–Crippen MR) is 77.4 cm³/mol. The fraction of sp³-hybridized carbons (Fsp3) is 0.385. The van der Waals surface area contributed by atoms with E-state index in [1.807, 2.05) is 18.3 Å². The Bertz CT molecular complexity index is 541. The number of rotatable bonds is 6. The van der Waals surface area contributed by atoms with Gasteiger partial charge in [0.2, 0.25) is 0 Å². The Kier molecular flexibility index (Phi) is 5.07. The molecule has 0 radical (unpaired) electrons. The molecule has 0 saturated heterocycles. The van der Waals surface area contributed by atoms with Crippen LogP contribution in [0, 0.1) is 6.92 Å². The van der Waals surface area contributed by atoms with Gasteiger partial charge in [0, 0.05) is 24.7 Å². The van der Waals surface area contributed by atoms with Gasteiger partial charge in [-0.25, -0.2) is 4.68 Å². The van der Waals surface area contributed by atoms with Crippen LogP contribution in [0.5, 0.6) is 0 Å². The summed E-state index contributed by atoms with van der Waals surface area (Å²) in [7, 11) is 1.69. The van der Waals surface area contributed by atoms with Gasteiger partial charge >= 0.3 is 0 Å². The third-order valence-corrected chi connectivity index (χ3v) is 3.78. The molecule has 6 heteroatoms. The van der Waals surface area contributed by atoms with Crippen molar-refractivity contribution in [2.24, 2.45) is 0 Å². The molecule has 1 heterocycles. The van der Waals surface area contributed by atoms with Crippen LogP contribution in [0.15, 0.2) is 28.9 Å². The molecule has 0 bridgehead atoms. The largest absolute Gasteiger partial charge is 0.383 e. The standard InChI is InChI=1S/C13H17BrN4O/c1-10-4-3-5-12(13(10)14)18-9-11(16-17-18)8-15-6-7-19-2/h3-5,9,15H,6-8H2,1-2H3. The Hall–Kier alpha value is -1.24. The van der Waals surface area contributed by atoms with Crippen molar-refractivity contribution in [1.29, 1.82) is 0 Å². The SMILES string of the molecule is COCCNCc1cn(-c2cccc(C)c2Br)nn1. The van der Waals surface area contributed by atoms with Gasteiger partial charge < -0.3 is 10.1 Å². The molecule has 2 rings (SSSR count). The summed E-state index contributed by atoms with van der Waals surface area (Å²) in [6.45, 7) is 4.24. The van der Waals surface area contributed by atoms with Crippen molar-refractivity contribution in [3.63, 3.8) is 0 Å². The fourth-order valence-corrected chi connectivity index (χ4v) is 2.14. The third kappa shape index (κ3) is 3.62. The molecule has 0 spiro atoms. The van der Waals surface area contributed by atoms with Gasteiger partial charge in [-0.05, 0) is 34.5 Å². The maximum Gasteiger partial charge on any atom is 0.0969 e. The molecular weight excluding hydrogens is 308 g/mol. The normalized spacial score (nSPS) is 10.9. The van der Waals surface area contributed by atoms with E-state index in [0.717, 1.165) is 22.4 Å². The van der Waals surface area contributed by atoms with Crippen LogP contribution in [0.2, 0.25) is 0 Å². The van der Waals surface area contributed by atoms with Gasteiger partial charge in [-0.15, -0.1) is 5.10 Å². The Morgan fingerprint density at radius 1 is 1.42 bits per heavy atom. The van der Waals surface area contributed by atoms with E-state index in [1.54, 1.807) is 11.8 Å². The first-order valence-corrected chi connectivity index (χ1v) is 6.88. The summed E-state index contributed by atoms with van der Waals surface area (Å²) in [5.41, 5.74) is 3.08. The van der Waals surface area contributed by atoms with Crippen LogP contribution in [-0.2, 0) is 11.3 Å². The molecule has 0 aliphatic carbocycles. The van der Waals surface area contributed by atoms with Gasteiger partial charge in [-0.1, -0.05) is 17.3 Å². The lowest BCUT2D eigenvalue weighted by Crippen LogP contribution is -2.18. The number of methoxy groups -OCH3 is 1. The van der Waals surface area contributed by atoms with Crippen LogP contribution in [0.25, 0.3) is 5.69 Å². The van der Waals surface area contributed by atoms with E-state index in [0.29, 0.717) is 13.2 Å². The van der Waals surface area contributed by atoms with Crippen molar-refractivity contribution in [3.8, 4) is 5.69 Å². The predicted octanol–water partition coefficient (Wildman–Crippen LogP) is 2.07. The maximum atomic E-state index is 4.97. The molecule has 0 amide bonds. The first kappa shape index (κ1) is 14.2. The maximum absolute atomic E-state index is 4.97. The van der Waals surface area contributed by atoms with E-state index in [2.05, 4.69) is 44.5 Å². The molecule has 0 saturated carbocycles. The molecule has 0 aliphatic rings. The van der Waals surface area contributed by atoms with Gasteiger partial charge in [-0.3, -0.25) is 0 Å². The number of aryl methyl sites for hydroxylation is 1. The van der Waals surface area contributed by atoms with Crippen molar-refractivity contribution in [3.05, 3.63) is 40.1 Å². The highest BCUT2D eigenvalue weighted by molar-refractivity contribution is 9.10. The molecule has 1 aromatic heterocycles. The highest BCUT2D eigenvalue weighted by Crippen LogP contribution is 2.23. The lowest BCUT2D eigenvalue weighted by Gasteiger charge is -2.05. The van der Waals surface area contributed by atoms with Crippen LogP contribution < -0.4 is 5.32 Å². The minimum Gasteiger partial charge on any atom is -0.383 e. The Morgan fingerprint density at radius 2 is 2.26 bits per heavy atom. The molecule has 0 fully saturated rings. The van der Waals surface area contributed by atoms with Crippen molar-refractivity contribution in [2.45, 2.75) is 13.5 Å². The van der Waals surface area contributed by atoms with Gasteiger partial charge in [0.05, 0.1) is 24.2 Å². The van der Waals surface area contributed by atoms with Crippen LogP contribution in [-0.4, -0.2) is 35.3 Å². The zero-order valence-electron chi connectivity index (χ0n) is 11.1. The number of ether oxygens (including phenoxy) is 1. The van der Waals surface area contributed by atoms with Crippen molar-refractivity contribution >= 4 is 15.9 Å². The van der Waals surface area contributed by atoms with Crippen molar-refractivity contribution in [1.82, 2.24) is 20.3 Å². The van der Waals surface area contributed by atoms with E-state index < -0.39 is 0 Å². The summed E-state index contributed by atoms with van der Waals surface area (Å²) in [5.74, 6) is 0. The van der Waals surface area contributed by atoms with Crippen LogP contribution in [0.1, 0.15) is 11.3 Å². The van der Waals surface area contributed by atoms with E-state index in [4.69, 9.17) is 4.74 Å². The second kappa shape index (κ2) is 6.79. The number of hydrogen-bond donors (Lipinski definition) is 1. The molecule has 1 aromatic carbocycles. The summed E-state index contributed by atoms with van der Waals surface area (Å²) >= 11 is 3.58. The van der Waals surface area contributed by atoms with Crippen LogP contribution in [0.4, 0.5) is 0 Å². The van der Waals surface area contributed by atoms with Gasteiger partial charge in [0.1, 0.15) is 0 Å². The topological polar surface area (TPSA) is 52.0 Å². The minimum absolute atomic E-state index is 0.687. The highest BCUT2D eigenvalue weighted by Gasteiger charge is 2.07. The average molecular weight is 325 g/mol. The first-order chi connectivity index (χ1) is 9.22. The van der Waals surface area contributed by atoms with Crippen molar-refractivity contribution in [2.75, 3.05) is 20.3 Å². The lowest BCUT2D eigenvalue weighted by atomic mass is 10.2. The van der Waals surface area contributed by atoms with Gasteiger partial charge in [0.25, 0.3) is 0 Å². The molecule has 19 heavy (non-hydrogen) atoms. The fourth-order valence-electron chi connectivity index (χ4n) is 1.70. The molecule has 0 unspecified atom stereocenters. The molecule has 1 N–H and O–H groups in total. The first-order valence-electron chi connectivity index (χ1n) is 6.08. The van der Waals surface area contributed by atoms with Gasteiger partial charge in [-0.2, -0.15) is 0 Å². The lowest BCUT2D eigenvalue weighted by molar-refractivity contribution is 0.199. The molecule has 5 nitrogen and oxygen atoms in total. The number of benzene rings is 1.